The van der Waals surface area contributed by atoms with Crippen molar-refractivity contribution >= 4 is 11.3 Å². The first kappa shape index (κ1) is 12.1. The van der Waals surface area contributed by atoms with E-state index < -0.39 is 0 Å². The van der Waals surface area contributed by atoms with Gasteiger partial charge in [-0.1, -0.05) is 12.1 Å². The molecule has 2 rings (SSSR count). The topological polar surface area (TPSA) is 18.5 Å². The van der Waals surface area contributed by atoms with Gasteiger partial charge in [0, 0.05) is 5.38 Å². The minimum absolute atomic E-state index is 0.227. The Morgan fingerprint density at radius 3 is 2.59 bits per heavy atom. The van der Waals surface area contributed by atoms with Crippen molar-refractivity contribution in [1.82, 2.24) is 0 Å². The molecule has 0 aliphatic rings. The Kier molecular flexibility index (Phi) is 4.53. The minimum atomic E-state index is -0.227. The van der Waals surface area contributed by atoms with Gasteiger partial charge in [0.05, 0.1) is 13.2 Å². The van der Waals surface area contributed by atoms with Gasteiger partial charge in [0.1, 0.15) is 18.2 Å². The molecule has 1 aromatic carbocycles. The highest BCUT2D eigenvalue weighted by Gasteiger charge is 1.96. The van der Waals surface area contributed by atoms with Crippen molar-refractivity contribution in [2.45, 2.75) is 6.61 Å². The number of thiophene rings is 1. The van der Waals surface area contributed by atoms with E-state index in [2.05, 4.69) is 0 Å². The van der Waals surface area contributed by atoms with Gasteiger partial charge in [0.15, 0.2) is 0 Å². The van der Waals surface area contributed by atoms with Gasteiger partial charge in [-0.2, -0.15) is 0 Å². The summed E-state index contributed by atoms with van der Waals surface area (Å²) >= 11 is 1.60. The van der Waals surface area contributed by atoms with Gasteiger partial charge >= 0.3 is 0 Å². The average molecular weight is 252 g/mol. The highest BCUT2D eigenvalue weighted by atomic mass is 32.1. The summed E-state index contributed by atoms with van der Waals surface area (Å²) in [5, 5.41) is 3.91. The van der Waals surface area contributed by atoms with Crippen LogP contribution >= 0.6 is 11.3 Å². The fourth-order valence-electron chi connectivity index (χ4n) is 1.32. The summed E-state index contributed by atoms with van der Waals surface area (Å²) in [6, 6.07) is 8.22. The predicted molar refractivity (Wildman–Crippen MR) is 65.9 cm³/mol. The average Bonchev–Trinajstić information content (AvgIpc) is 2.84. The largest absolute Gasteiger partial charge is 0.490 e. The van der Waals surface area contributed by atoms with Crippen LogP contribution in [0.25, 0.3) is 0 Å². The SMILES string of the molecule is Fc1ccc(COCCOc2ccsc2)cc1. The third-order valence-corrected chi connectivity index (χ3v) is 2.84. The molecule has 0 radical (unpaired) electrons. The molecule has 2 nitrogen and oxygen atoms in total. The van der Waals surface area contributed by atoms with E-state index in [1.807, 2.05) is 16.8 Å². The van der Waals surface area contributed by atoms with Crippen molar-refractivity contribution in [2.24, 2.45) is 0 Å². The van der Waals surface area contributed by atoms with Crippen molar-refractivity contribution in [1.29, 1.82) is 0 Å². The molecule has 17 heavy (non-hydrogen) atoms. The molecule has 0 saturated carbocycles. The van der Waals surface area contributed by atoms with E-state index in [1.54, 1.807) is 23.5 Å². The second-order valence-corrected chi connectivity index (χ2v) is 4.27. The Balaban J connectivity index is 1.61. The molecule has 0 N–H and O–H groups in total. The summed E-state index contributed by atoms with van der Waals surface area (Å²) in [4.78, 5) is 0. The summed E-state index contributed by atoms with van der Waals surface area (Å²) in [5.74, 6) is 0.648. The van der Waals surface area contributed by atoms with Crippen molar-refractivity contribution in [2.75, 3.05) is 13.2 Å². The van der Waals surface area contributed by atoms with Gasteiger partial charge in [0.2, 0.25) is 0 Å². The molecular weight excluding hydrogens is 239 g/mol. The number of halogens is 1. The van der Waals surface area contributed by atoms with Crippen LogP contribution in [-0.4, -0.2) is 13.2 Å². The molecule has 0 aliphatic carbocycles. The Morgan fingerprint density at radius 2 is 1.88 bits per heavy atom. The maximum absolute atomic E-state index is 12.6. The zero-order valence-electron chi connectivity index (χ0n) is 9.27. The number of rotatable bonds is 6. The van der Waals surface area contributed by atoms with E-state index in [0.29, 0.717) is 19.8 Å². The van der Waals surface area contributed by atoms with Crippen LogP contribution in [-0.2, 0) is 11.3 Å². The fraction of sp³-hybridized carbons (Fsp3) is 0.231. The van der Waals surface area contributed by atoms with Crippen molar-refractivity contribution in [3.8, 4) is 5.75 Å². The van der Waals surface area contributed by atoms with Gasteiger partial charge in [-0.3, -0.25) is 0 Å². The molecule has 0 aliphatic heterocycles. The van der Waals surface area contributed by atoms with E-state index in [4.69, 9.17) is 9.47 Å². The molecule has 1 heterocycles. The number of hydrogen-bond acceptors (Lipinski definition) is 3. The second kappa shape index (κ2) is 6.37. The van der Waals surface area contributed by atoms with Gasteiger partial charge in [-0.25, -0.2) is 4.39 Å². The van der Waals surface area contributed by atoms with Gasteiger partial charge in [-0.15, -0.1) is 11.3 Å². The maximum Gasteiger partial charge on any atom is 0.130 e. The summed E-state index contributed by atoms with van der Waals surface area (Å²) in [6.45, 7) is 1.53. The van der Waals surface area contributed by atoms with Gasteiger partial charge in [-0.05, 0) is 29.1 Å². The molecule has 90 valence electrons. The second-order valence-electron chi connectivity index (χ2n) is 3.49. The van der Waals surface area contributed by atoms with Crippen LogP contribution in [0.5, 0.6) is 5.75 Å². The summed E-state index contributed by atoms with van der Waals surface area (Å²) in [5.41, 5.74) is 0.960. The van der Waals surface area contributed by atoms with Crippen LogP contribution in [0.3, 0.4) is 0 Å². The fourth-order valence-corrected chi connectivity index (χ4v) is 1.90. The van der Waals surface area contributed by atoms with E-state index in [-0.39, 0.29) is 5.82 Å². The van der Waals surface area contributed by atoms with Crippen molar-refractivity contribution < 1.29 is 13.9 Å². The zero-order valence-corrected chi connectivity index (χ0v) is 10.1. The lowest BCUT2D eigenvalue weighted by Gasteiger charge is -2.05. The molecule has 0 atom stereocenters. The zero-order chi connectivity index (χ0) is 11.9. The number of benzene rings is 1. The van der Waals surface area contributed by atoms with Gasteiger partial charge in [0.25, 0.3) is 0 Å². The smallest absolute Gasteiger partial charge is 0.130 e. The third kappa shape index (κ3) is 4.17. The van der Waals surface area contributed by atoms with Crippen LogP contribution in [0.1, 0.15) is 5.56 Å². The third-order valence-electron chi connectivity index (χ3n) is 2.17. The Bertz CT molecular complexity index is 425. The lowest BCUT2D eigenvalue weighted by Crippen LogP contribution is -2.06. The van der Waals surface area contributed by atoms with Crippen LogP contribution in [0, 0.1) is 5.82 Å². The molecule has 0 spiro atoms. The minimum Gasteiger partial charge on any atom is -0.490 e. The molecule has 2 aromatic rings. The van der Waals surface area contributed by atoms with Crippen LogP contribution in [0.4, 0.5) is 4.39 Å². The van der Waals surface area contributed by atoms with E-state index in [0.717, 1.165) is 11.3 Å². The van der Waals surface area contributed by atoms with Crippen LogP contribution in [0.15, 0.2) is 41.1 Å². The monoisotopic (exact) mass is 252 g/mol. The Labute approximate surface area is 104 Å². The maximum atomic E-state index is 12.6. The molecule has 0 fully saturated rings. The summed E-state index contributed by atoms with van der Waals surface area (Å²) in [6.07, 6.45) is 0. The van der Waals surface area contributed by atoms with Gasteiger partial charge < -0.3 is 9.47 Å². The lowest BCUT2D eigenvalue weighted by molar-refractivity contribution is 0.0890. The van der Waals surface area contributed by atoms with Crippen LogP contribution < -0.4 is 4.74 Å². The molecule has 4 heteroatoms. The summed E-state index contributed by atoms with van der Waals surface area (Å²) in [7, 11) is 0. The highest BCUT2D eigenvalue weighted by molar-refractivity contribution is 7.08. The normalized spacial score (nSPS) is 10.4. The lowest BCUT2D eigenvalue weighted by atomic mass is 10.2. The molecular formula is C13H13FO2S. The molecule has 0 amide bonds. The quantitative estimate of drug-likeness (QED) is 0.733. The first-order valence-electron chi connectivity index (χ1n) is 5.32. The summed E-state index contributed by atoms with van der Waals surface area (Å²) < 4.78 is 23.5. The van der Waals surface area contributed by atoms with E-state index in [1.165, 1.54) is 12.1 Å². The Morgan fingerprint density at radius 1 is 1.06 bits per heavy atom. The first-order valence-corrected chi connectivity index (χ1v) is 6.26. The van der Waals surface area contributed by atoms with Crippen molar-refractivity contribution in [3.05, 3.63) is 52.5 Å². The predicted octanol–water partition coefficient (Wildman–Crippen LogP) is 3.48. The number of ether oxygens (including phenoxy) is 2. The molecule has 0 saturated heterocycles. The number of hydrogen-bond donors (Lipinski definition) is 0. The molecule has 0 unspecified atom stereocenters. The van der Waals surface area contributed by atoms with E-state index >= 15 is 0 Å². The first-order chi connectivity index (χ1) is 8.34. The molecule has 0 bridgehead atoms. The van der Waals surface area contributed by atoms with E-state index in [9.17, 15) is 4.39 Å². The van der Waals surface area contributed by atoms with Crippen LogP contribution in [0.2, 0.25) is 0 Å². The van der Waals surface area contributed by atoms with Crippen molar-refractivity contribution in [3.63, 3.8) is 0 Å². The Hall–Kier alpha value is -1.39. The molecule has 1 aromatic heterocycles. The highest BCUT2D eigenvalue weighted by Crippen LogP contribution is 2.14. The standard InChI is InChI=1S/C13H13FO2S/c14-12-3-1-11(2-4-12)9-15-6-7-16-13-5-8-17-10-13/h1-5,8,10H,6-7,9H2.